The zero-order valence-electron chi connectivity index (χ0n) is 11.5. The second kappa shape index (κ2) is 8.22. The Morgan fingerprint density at radius 2 is 1.35 bits per heavy atom. The first-order chi connectivity index (χ1) is 11.1. The van der Waals surface area contributed by atoms with Crippen LogP contribution >= 0.6 is 17.6 Å². The number of carboxylic acids is 2. The Hall–Kier alpha value is -2.49. The van der Waals surface area contributed by atoms with Gasteiger partial charge in [-0.3, -0.25) is 0 Å². The molecule has 0 aliphatic carbocycles. The maximum absolute atomic E-state index is 10.7. The summed E-state index contributed by atoms with van der Waals surface area (Å²) in [7, 11) is 0.110. The van der Waals surface area contributed by atoms with Crippen LogP contribution in [0.5, 0.6) is 11.5 Å². The Kier molecular flexibility index (Phi) is 6.03. The van der Waals surface area contributed by atoms with Crippen LogP contribution in [0.25, 0.3) is 0 Å². The molecule has 0 saturated carbocycles. The van der Waals surface area contributed by atoms with Crippen LogP contribution in [-0.2, 0) is 0 Å². The first kappa shape index (κ1) is 16.9. The van der Waals surface area contributed by atoms with E-state index in [-0.39, 0.29) is 20.1 Å². The lowest BCUT2D eigenvalue weighted by molar-refractivity contribution is 0.0686. The molecule has 2 rings (SSSR count). The average molecular weight is 351 g/mol. The number of hydrogen-bond acceptors (Lipinski definition) is 5. The van der Waals surface area contributed by atoms with Crippen molar-refractivity contribution >= 4 is 29.5 Å². The SMILES string of the molecule is O=C(O)c1ccc(OP=NPOc2ccc(C(=O)O)cc2)cc1. The Bertz CT molecular complexity index is 715. The van der Waals surface area contributed by atoms with Gasteiger partial charge in [-0.15, -0.1) is 0 Å². The van der Waals surface area contributed by atoms with Gasteiger partial charge in [0.25, 0.3) is 0 Å². The summed E-state index contributed by atoms with van der Waals surface area (Å²) >= 11 is 0. The lowest BCUT2D eigenvalue weighted by Crippen LogP contribution is -1.94. The molecular weight excluding hydrogens is 340 g/mol. The molecule has 2 aromatic rings. The number of carbonyl (C=O) groups is 2. The zero-order valence-corrected chi connectivity index (χ0v) is 13.4. The van der Waals surface area contributed by atoms with E-state index in [4.69, 9.17) is 19.3 Å². The van der Waals surface area contributed by atoms with Crippen molar-refractivity contribution in [2.75, 3.05) is 0 Å². The van der Waals surface area contributed by atoms with E-state index in [0.717, 1.165) is 0 Å². The Balaban J connectivity index is 1.78. The highest BCUT2D eigenvalue weighted by atomic mass is 31.1. The van der Waals surface area contributed by atoms with Crippen molar-refractivity contribution in [3.05, 3.63) is 59.7 Å². The molecule has 0 fully saturated rings. The Morgan fingerprint density at radius 1 is 0.870 bits per heavy atom. The molecule has 9 heteroatoms. The number of hydrogen-bond donors (Lipinski definition) is 2. The van der Waals surface area contributed by atoms with Crippen LogP contribution in [0.3, 0.4) is 0 Å². The fourth-order valence-electron chi connectivity index (χ4n) is 1.48. The van der Waals surface area contributed by atoms with Crippen LogP contribution in [0.4, 0.5) is 0 Å². The molecule has 0 radical (unpaired) electrons. The molecular formula is C14H11NO6P2. The van der Waals surface area contributed by atoms with Crippen molar-refractivity contribution in [2.24, 2.45) is 4.52 Å². The highest BCUT2D eigenvalue weighted by Gasteiger charge is 2.02. The van der Waals surface area contributed by atoms with E-state index in [9.17, 15) is 9.59 Å². The minimum Gasteiger partial charge on any atom is -0.478 e. The molecule has 0 heterocycles. The van der Waals surface area contributed by atoms with Gasteiger partial charge in [-0.1, -0.05) is 0 Å². The number of benzene rings is 2. The highest BCUT2D eigenvalue weighted by molar-refractivity contribution is 7.39. The van der Waals surface area contributed by atoms with Gasteiger partial charge < -0.3 is 19.3 Å². The molecule has 7 nitrogen and oxygen atoms in total. The van der Waals surface area contributed by atoms with Crippen LogP contribution < -0.4 is 9.05 Å². The summed E-state index contributed by atoms with van der Waals surface area (Å²) in [5.74, 6) is -0.985. The summed E-state index contributed by atoms with van der Waals surface area (Å²) in [4.78, 5) is 21.4. The van der Waals surface area contributed by atoms with E-state index < -0.39 is 11.9 Å². The topological polar surface area (TPSA) is 105 Å². The standard InChI is InChI=1S/C14H11NO6P2/c16-13(17)9-1-5-11(6-2-9)20-22-15-23-21-12-7-3-10(4-8-12)14(18)19/h1-8,22H,(H,16,17)(H,18,19). The molecule has 0 aliphatic heterocycles. The smallest absolute Gasteiger partial charge is 0.335 e. The van der Waals surface area contributed by atoms with Gasteiger partial charge in [-0.25, -0.2) is 9.59 Å². The second-order valence-corrected chi connectivity index (χ2v) is 5.66. The Morgan fingerprint density at radius 3 is 1.83 bits per heavy atom. The summed E-state index contributed by atoms with van der Waals surface area (Å²) in [6, 6.07) is 12.0. The molecule has 0 bridgehead atoms. The lowest BCUT2D eigenvalue weighted by Gasteiger charge is -2.02. The molecule has 0 saturated heterocycles. The third kappa shape index (κ3) is 5.33. The molecule has 0 aliphatic rings. The maximum atomic E-state index is 10.7. The molecule has 118 valence electrons. The fourth-order valence-corrected chi connectivity index (χ4v) is 2.40. The van der Waals surface area contributed by atoms with Crippen LogP contribution in [0.1, 0.15) is 20.7 Å². The number of rotatable bonds is 7. The molecule has 2 aromatic carbocycles. The predicted octanol–water partition coefficient (Wildman–Crippen LogP) is 4.09. The van der Waals surface area contributed by atoms with Gasteiger partial charge in [0, 0.05) is 0 Å². The first-order valence-corrected chi connectivity index (χ1v) is 7.84. The van der Waals surface area contributed by atoms with Crippen LogP contribution in [0, 0.1) is 0 Å². The number of aromatic carboxylic acids is 2. The van der Waals surface area contributed by atoms with Crippen molar-refractivity contribution in [1.29, 1.82) is 0 Å². The molecule has 2 N–H and O–H groups in total. The van der Waals surface area contributed by atoms with Crippen molar-refractivity contribution in [3.8, 4) is 11.5 Å². The van der Waals surface area contributed by atoms with E-state index in [1.54, 1.807) is 24.3 Å². The van der Waals surface area contributed by atoms with Gasteiger partial charge in [0.15, 0.2) is 0 Å². The van der Waals surface area contributed by atoms with Crippen molar-refractivity contribution in [2.45, 2.75) is 0 Å². The summed E-state index contributed by atoms with van der Waals surface area (Å²) in [6.45, 7) is 0. The third-order valence-corrected chi connectivity index (χ3v) is 3.87. The van der Waals surface area contributed by atoms with Crippen LogP contribution in [0.2, 0.25) is 0 Å². The van der Waals surface area contributed by atoms with Gasteiger partial charge in [-0.05, 0) is 48.5 Å². The van der Waals surface area contributed by atoms with E-state index in [2.05, 4.69) is 4.52 Å². The van der Waals surface area contributed by atoms with Gasteiger partial charge in [0.1, 0.15) is 11.5 Å². The monoisotopic (exact) mass is 351 g/mol. The average Bonchev–Trinajstić information content (AvgIpc) is 2.55. The fraction of sp³-hybridized carbons (Fsp3) is 0. The van der Waals surface area contributed by atoms with Gasteiger partial charge in [-0.2, -0.15) is 4.52 Å². The van der Waals surface area contributed by atoms with E-state index in [0.29, 0.717) is 20.1 Å². The largest absolute Gasteiger partial charge is 0.478 e. The predicted molar refractivity (Wildman–Crippen MR) is 85.7 cm³/mol. The normalized spacial score (nSPS) is 11.0. The van der Waals surface area contributed by atoms with Crippen molar-refractivity contribution in [1.82, 2.24) is 0 Å². The van der Waals surface area contributed by atoms with E-state index in [1.807, 2.05) is 0 Å². The highest BCUT2D eigenvalue weighted by Crippen LogP contribution is 2.26. The molecule has 0 amide bonds. The van der Waals surface area contributed by atoms with Crippen molar-refractivity contribution in [3.63, 3.8) is 0 Å². The molecule has 23 heavy (non-hydrogen) atoms. The van der Waals surface area contributed by atoms with Crippen LogP contribution in [-0.4, -0.2) is 22.2 Å². The second-order valence-electron chi connectivity index (χ2n) is 4.13. The van der Waals surface area contributed by atoms with E-state index in [1.165, 1.54) is 24.3 Å². The third-order valence-electron chi connectivity index (χ3n) is 2.59. The van der Waals surface area contributed by atoms with Gasteiger partial charge in [0.2, 0.25) is 17.6 Å². The van der Waals surface area contributed by atoms with Gasteiger partial charge in [0.05, 0.1) is 11.1 Å². The maximum Gasteiger partial charge on any atom is 0.335 e. The Labute approximate surface area is 134 Å². The summed E-state index contributed by atoms with van der Waals surface area (Å²) in [5.41, 5.74) is 0.366. The molecule has 0 aromatic heterocycles. The van der Waals surface area contributed by atoms with Crippen molar-refractivity contribution < 1.29 is 28.8 Å². The minimum absolute atomic E-state index is 0.181. The summed E-state index contributed by atoms with van der Waals surface area (Å²) < 4.78 is 14.6. The molecule has 1 atom stereocenters. The lowest BCUT2D eigenvalue weighted by atomic mass is 10.2. The number of carboxylic acid groups (broad SMARTS) is 2. The minimum atomic E-state index is -0.998. The summed E-state index contributed by atoms with van der Waals surface area (Å²) in [6.07, 6.45) is 0. The quantitative estimate of drug-likeness (QED) is 0.728. The van der Waals surface area contributed by atoms with Gasteiger partial charge >= 0.3 is 11.9 Å². The molecule has 0 spiro atoms. The number of nitrogens with zero attached hydrogens (tertiary/aromatic N) is 1. The van der Waals surface area contributed by atoms with E-state index >= 15 is 0 Å². The summed E-state index contributed by atoms with van der Waals surface area (Å²) in [5, 5.41) is 17.5. The first-order valence-electron chi connectivity index (χ1n) is 6.22. The molecule has 1 unspecified atom stereocenters. The van der Waals surface area contributed by atoms with Crippen LogP contribution in [0.15, 0.2) is 53.0 Å². The zero-order chi connectivity index (χ0) is 16.7.